The predicted octanol–water partition coefficient (Wildman–Crippen LogP) is -4.12. The first-order valence-corrected chi connectivity index (χ1v) is 10.1. The molecule has 4 atom stereocenters. The number of carboxylic acids is 1. The molecule has 33 heavy (non-hydrogen) atoms. The minimum absolute atomic E-state index is 0.0438. The fraction of sp³-hybridized carbons (Fsp3) is 0.556. The van der Waals surface area contributed by atoms with Crippen LogP contribution in [0.3, 0.4) is 0 Å². The lowest BCUT2D eigenvalue weighted by Gasteiger charge is -2.25. The zero-order chi connectivity index (χ0) is 25.0. The highest BCUT2D eigenvalue weighted by atomic mass is 16.4. The maximum Gasteiger partial charge on any atom is 0.326 e. The van der Waals surface area contributed by atoms with Crippen molar-refractivity contribution in [3.05, 3.63) is 18.2 Å². The van der Waals surface area contributed by atoms with E-state index in [2.05, 4.69) is 30.9 Å². The number of aromatic amines is 1. The molecule has 4 unspecified atom stereocenters. The average molecular weight is 470 g/mol. The van der Waals surface area contributed by atoms with Crippen molar-refractivity contribution in [3.8, 4) is 0 Å². The highest BCUT2D eigenvalue weighted by molar-refractivity contribution is 5.93. The molecule has 15 nitrogen and oxygen atoms in total. The first-order valence-electron chi connectivity index (χ1n) is 10.1. The van der Waals surface area contributed by atoms with E-state index < -0.39 is 54.5 Å². The summed E-state index contributed by atoms with van der Waals surface area (Å²) in [6, 6.07) is -3.89. The van der Waals surface area contributed by atoms with Crippen molar-refractivity contribution in [2.75, 3.05) is 13.1 Å². The van der Waals surface area contributed by atoms with Crippen LogP contribution in [0.1, 0.15) is 25.5 Å². The quantitative estimate of drug-likeness (QED) is 0.0721. The smallest absolute Gasteiger partial charge is 0.326 e. The zero-order valence-corrected chi connectivity index (χ0v) is 18.2. The van der Waals surface area contributed by atoms with Gasteiger partial charge in [0.1, 0.15) is 18.1 Å². The van der Waals surface area contributed by atoms with Crippen LogP contribution < -0.4 is 33.2 Å². The van der Waals surface area contributed by atoms with Gasteiger partial charge in [0.05, 0.1) is 19.0 Å². The highest BCUT2D eigenvalue weighted by Gasteiger charge is 2.31. The van der Waals surface area contributed by atoms with Gasteiger partial charge in [-0.15, -0.1) is 0 Å². The average Bonchev–Trinajstić information content (AvgIpc) is 3.25. The van der Waals surface area contributed by atoms with Crippen LogP contribution in [-0.2, 0) is 25.6 Å². The monoisotopic (exact) mass is 469 g/mol. The van der Waals surface area contributed by atoms with Crippen molar-refractivity contribution < 1.29 is 29.4 Å². The van der Waals surface area contributed by atoms with Crippen LogP contribution >= 0.6 is 0 Å². The van der Waals surface area contributed by atoms with E-state index in [0.29, 0.717) is 5.69 Å². The molecule has 0 aliphatic carbocycles. The summed E-state index contributed by atoms with van der Waals surface area (Å²) in [5.74, 6) is -3.76. The number of nitrogens with zero attached hydrogens (tertiary/aromatic N) is 2. The van der Waals surface area contributed by atoms with E-state index >= 15 is 0 Å². The van der Waals surface area contributed by atoms with Crippen molar-refractivity contribution in [2.45, 2.75) is 50.4 Å². The number of guanidine groups is 1. The van der Waals surface area contributed by atoms with Gasteiger partial charge in [0.15, 0.2) is 5.96 Å². The Hall–Kier alpha value is -3.72. The second-order valence-corrected chi connectivity index (χ2v) is 7.18. The fourth-order valence-corrected chi connectivity index (χ4v) is 2.76. The van der Waals surface area contributed by atoms with Gasteiger partial charge in [-0.05, 0) is 19.8 Å². The number of carbonyl (C=O) groups is 4. The van der Waals surface area contributed by atoms with Gasteiger partial charge < -0.3 is 48.3 Å². The van der Waals surface area contributed by atoms with E-state index in [-0.39, 0.29) is 31.8 Å². The Morgan fingerprint density at radius 3 is 2.33 bits per heavy atom. The molecule has 0 fully saturated rings. The number of aliphatic hydroxyl groups excluding tert-OH is 1. The standard InChI is InChI=1S/C18H31N9O6/c1-9(28)14(27-13(29)6-19)16(31)25-11(3-2-4-23-18(20)21)15(30)26-12(17(32)33)5-10-7-22-8-24-10/h7-9,11-12,14,28H,2-6,19H2,1H3,(H,22,24)(H,25,31)(H,26,30)(H,27,29)(H,32,33)(H4,20,21,23). The SMILES string of the molecule is CC(O)C(NC(=O)CN)C(=O)NC(CCCN=C(N)N)C(=O)NC(Cc1cnc[nH]1)C(=O)O. The number of aliphatic hydroxyl groups is 1. The Balaban J connectivity index is 2.96. The third-order valence-corrected chi connectivity index (χ3v) is 4.44. The van der Waals surface area contributed by atoms with Crippen LogP contribution in [0.5, 0.6) is 0 Å². The lowest BCUT2D eigenvalue weighted by Crippen LogP contribution is -2.58. The molecule has 0 saturated carbocycles. The molecule has 0 aliphatic heterocycles. The number of H-pyrrole nitrogens is 1. The highest BCUT2D eigenvalue weighted by Crippen LogP contribution is 2.05. The van der Waals surface area contributed by atoms with Crippen molar-refractivity contribution in [3.63, 3.8) is 0 Å². The number of aliphatic carboxylic acids is 1. The molecule has 1 aromatic heterocycles. The van der Waals surface area contributed by atoms with Gasteiger partial charge in [-0.2, -0.15) is 0 Å². The minimum atomic E-state index is -1.38. The maximum absolute atomic E-state index is 12.9. The van der Waals surface area contributed by atoms with Gasteiger partial charge in [-0.25, -0.2) is 9.78 Å². The van der Waals surface area contributed by atoms with E-state index in [1.165, 1.54) is 19.4 Å². The second kappa shape index (κ2) is 13.6. The number of carbonyl (C=O) groups excluding carboxylic acids is 3. The zero-order valence-electron chi connectivity index (χ0n) is 18.2. The molecule has 0 aliphatic rings. The molecule has 15 heteroatoms. The topological polar surface area (TPSA) is 264 Å². The maximum atomic E-state index is 12.9. The number of rotatable bonds is 14. The van der Waals surface area contributed by atoms with Crippen LogP contribution in [-0.4, -0.2) is 87.2 Å². The van der Waals surface area contributed by atoms with Crippen molar-refractivity contribution in [1.82, 2.24) is 25.9 Å². The third kappa shape index (κ3) is 9.96. The molecule has 1 heterocycles. The van der Waals surface area contributed by atoms with Crippen molar-refractivity contribution >= 4 is 29.7 Å². The van der Waals surface area contributed by atoms with Crippen LogP contribution in [0, 0.1) is 0 Å². The third-order valence-electron chi connectivity index (χ3n) is 4.44. The molecule has 12 N–H and O–H groups in total. The summed E-state index contributed by atoms with van der Waals surface area (Å²) in [4.78, 5) is 59.1. The second-order valence-electron chi connectivity index (χ2n) is 7.18. The summed E-state index contributed by atoms with van der Waals surface area (Å²) in [7, 11) is 0. The molecular formula is C18H31N9O6. The lowest BCUT2D eigenvalue weighted by atomic mass is 10.1. The van der Waals surface area contributed by atoms with Gasteiger partial charge in [0, 0.05) is 24.9 Å². The van der Waals surface area contributed by atoms with Gasteiger partial charge in [-0.1, -0.05) is 0 Å². The van der Waals surface area contributed by atoms with E-state index in [9.17, 15) is 29.4 Å². The Labute approximate surface area is 189 Å². The van der Waals surface area contributed by atoms with E-state index in [1.807, 2.05) is 0 Å². The Bertz CT molecular complexity index is 823. The number of carboxylic acid groups (broad SMARTS) is 1. The fourth-order valence-electron chi connectivity index (χ4n) is 2.76. The number of amides is 3. The lowest BCUT2D eigenvalue weighted by molar-refractivity contribution is -0.142. The number of imidazole rings is 1. The normalized spacial score (nSPS) is 14.3. The molecule has 0 spiro atoms. The first-order chi connectivity index (χ1) is 15.5. The molecular weight excluding hydrogens is 438 g/mol. The van der Waals surface area contributed by atoms with Crippen LogP contribution in [0.25, 0.3) is 0 Å². The van der Waals surface area contributed by atoms with Gasteiger partial charge in [0.25, 0.3) is 0 Å². The first kappa shape index (κ1) is 27.3. The van der Waals surface area contributed by atoms with E-state index in [1.54, 1.807) is 0 Å². The summed E-state index contributed by atoms with van der Waals surface area (Å²) in [6.07, 6.45) is 1.74. The molecule has 1 rings (SSSR count). The molecule has 3 amide bonds. The molecule has 0 bridgehead atoms. The van der Waals surface area contributed by atoms with Crippen LogP contribution in [0.2, 0.25) is 0 Å². The number of aliphatic imine (C=N–C) groups is 1. The van der Waals surface area contributed by atoms with E-state index in [4.69, 9.17) is 17.2 Å². The van der Waals surface area contributed by atoms with Crippen LogP contribution in [0.4, 0.5) is 0 Å². The van der Waals surface area contributed by atoms with Crippen molar-refractivity contribution in [1.29, 1.82) is 0 Å². The Morgan fingerprint density at radius 2 is 1.82 bits per heavy atom. The molecule has 184 valence electrons. The molecule has 0 radical (unpaired) electrons. The summed E-state index contributed by atoms with van der Waals surface area (Å²) in [6.45, 7) is 1.02. The summed E-state index contributed by atoms with van der Waals surface area (Å²) in [5.41, 5.74) is 16.3. The predicted molar refractivity (Wildman–Crippen MR) is 116 cm³/mol. The summed E-state index contributed by atoms with van der Waals surface area (Å²) < 4.78 is 0. The molecule has 1 aromatic rings. The summed E-state index contributed by atoms with van der Waals surface area (Å²) in [5, 5.41) is 26.4. The molecule has 0 aromatic carbocycles. The largest absolute Gasteiger partial charge is 0.480 e. The molecule has 0 saturated heterocycles. The number of aromatic nitrogens is 2. The van der Waals surface area contributed by atoms with Gasteiger partial charge >= 0.3 is 5.97 Å². The number of nitrogens with one attached hydrogen (secondary N) is 4. The van der Waals surface area contributed by atoms with Gasteiger partial charge in [0.2, 0.25) is 17.7 Å². The number of hydrogen-bond donors (Lipinski definition) is 9. The number of nitrogens with two attached hydrogens (primary N) is 3. The van der Waals surface area contributed by atoms with Crippen LogP contribution in [0.15, 0.2) is 17.5 Å². The van der Waals surface area contributed by atoms with Gasteiger partial charge in [-0.3, -0.25) is 19.4 Å². The Kier molecular flexibility index (Phi) is 11.3. The summed E-state index contributed by atoms with van der Waals surface area (Å²) >= 11 is 0. The van der Waals surface area contributed by atoms with Crippen molar-refractivity contribution in [2.24, 2.45) is 22.2 Å². The van der Waals surface area contributed by atoms with E-state index in [0.717, 1.165) is 0 Å². The number of hydrogen-bond acceptors (Lipinski definition) is 8. The Morgan fingerprint density at radius 1 is 1.15 bits per heavy atom. The minimum Gasteiger partial charge on any atom is -0.480 e.